The zero-order valence-corrected chi connectivity index (χ0v) is 12.2. The van der Waals surface area contributed by atoms with Gasteiger partial charge in [-0.05, 0) is 20.0 Å². The number of hydrogen-bond acceptors (Lipinski definition) is 5. The molecule has 1 aliphatic rings. The first-order valence-electron chi connectivity index (χ1n) is 6.42. The summed E-state index contributed by atoms with van der Waals surface area (Å²) in [4.78, 5) is 6.34. The van der Waals surface area contributed by atoms with Gasteiger partial charge in [0.05, 0.1) is 5.69 Å². The summed E-state index contributed by atoms with van der Waals surface area (Å²) in [6.07, 6.45) is 3.02. The van der Waals surface area contributed by atoms with E-state index in [-0.39, 0.29) is 4.90 Å². The van der Waals surface area contributed by atoms with Crippen molar-refractivity contribution in [3.63, 3.8) is 0 Å². The SMILES string of the molecule is CCNc1ccncc1S(=O)(=O)N1CCN(C)CC1. The van der Waals surface area contributed by atoms with Crippen molar-refractivity contribution in [3.05, 3.63) is 18.5 Å². The van der Waals surface area contributed by atoms with E-state index < -0.39 is 10.0 Å². The molecule has 0 spiro atoms. The highest BCUT2D eigenvalue weighted by Crippen LogP contribution is 2.24. The average molecular weight is 284 g/mol. The molecule has 0 saturated carbocycles. The lowest BCUT2D eigenvalue weighted by Gasteiger charge is -2.31. The Morgan fingerprint density at radius 1 is 1.32 bits per heavy atom. The summed E-state index contributed by atoms with van der Waals surface area (Å²) in [5.74, 6) is 0. The highest BCUT2D eigenvalue weighted by molar-refractivity contribution is 7.89. The first kappa shape index (κ1) is 14.2. The Labute approximate surface area is 114 Å². The van der Waals surface area contributed by atoms with Crippen molar-refractivity contribution in [3.8, 4) is 0 Å². The molecule has 2 heterocycles. The quantitative estimate of drug-likeness (QED) is 0.869. The first-order valence-corrected chi connectivity index (χ1v) is 7.86. The Bertz CT molecular complexity index is 524. The number of likely N-dealkylation sites (N-methyl/N-ethyl adjacent to an activating group) is 1. The summed E-state index contributed by atoms with van der Waals surface area (Å²) in [7, 11) is -1.46. The molecule has 7 heteroatoms. The summed E-state index contributed by atoms with van der Waals surface area (Å²) in [6.45, 7) is 5.19. The van der Waals surface area contributed by atoms with Gasteiger partial charge in [-0.25, -0.2) is 8.42 Å². The van der Waals surface area contributed by atoms with Crippen molar-refractivity contribution in [2.24, 2.45) is 0 Å². The maximum Gasteiger partial charge on any atom is 0.246 e. The average Bonchev–Trinajstić information content (AvgIpc) is 2.40. The van der Waals surface area contributed by atoms with Gasteiger partial charge >= 0.3 is 0 Å². The minimum absolute atomic E-state index is 0.265. The van der Waals surface area contributed by atoms with Crippen molar-refractivity contribution < 1.29 is 8.42 Å². The molecule has 106 valence electrons. The molecule has 1 saturated heterocycles. The van der Waals surface area contributed by atoms with Crippen LogP contribution in [0, 0.1) is 0 Å². The highest BCUT2D eigenvalue weighted by atomic mass is 32.2. The molecular weight excluding hydrogens is 264 g/mol. The Morgan fingerprint density at radius 2 is 2.00 bits per heavy atom. The lowest BCUT2D eigenvalue weighted by atomic mass is 10.4. The number of sulfonamides is 1. The molecule has 1 aromatic rings. The van der Waals surface area contributed by atoms with Gasteiger partial charge in [-0.2, -0.15) is 4.31 Å². The third kappa shape index (κ3) is 3.05. The van der Waals surface area contributed by atoms with Crippen LogP contribution < -0.4 is 5.32 Å². The molecule has 1 aromatic heterocycles. The van der Waals surface area contributed by atoms with Gasteiger partial charge in [0.15, 0.2) is 0 Å². The van der Waals surface area contributed by atoms with Crippen LogP contribution in [-0.4, -0.2) is 62.4 Å². The summed E-state index contributed by atoms with van der Waals surface area (Å²) < 4.78 is 26.8. The Morgan fingerprint density at radius 3 is 2.63 bits per heavy atom. The van der Waals surface area contributed by atoms with Gasteiger partial charge in [0.25, 0.3) is 0 Å². The zero-order valence-electron chi connectivity index (χ0n) is 11.3. The first-order chi connectivity index (χ1) is 9.05. The van der Waals surface area contributed by atoms with E-state index in [2.05, 4.69) is 15.2 Å². The van der Waals surface area contributed by atoms with E-state index in [1.54, 1.807) is 12.3 Å². The Kier molecular flexibility index (Phi) is 4.38. The minimum atomic E-state index is -3.46. The fourth-order valence-electron chi connectivity index (χ4n) is 2.09. The molecule has 0 amide bonds. The van der Waals surface area contributed by atoms with Crippen LogP contribution in [-0.2, 0) is 10.0 Å². The van der Waals surface area contributed by atoms with Gasteiger partial charge in [0, 0.05) is 45.1 Å². The number of aromatic nitrogens is 1. The van der Waals surface area contributed by atoms with Crippen molar-refractivity contribution in [1.82, 2.24) is 14.2 Å². The highest BCUT2D eigenvalue weighted by Gasteiger charge is 2.29. The molecule has 2 rings (SSSR count). The number of piperazine rings is 1. The van der Waals surface area contributed by atoms with Crippen LogP contribution in [0.25, 0.3) is 0 Å². The van der Waals surface area contributed by atoms with E-state index in [9.17, 15) is 8.42 Å². The van der Waals surface area contributed by atoms with Gasteiger partial charge in [-0.3, -0.25) is 4.98 Å². The lowest BCUT2D eigenvalue weighted by Crippen LogP contribution is -2.47. The van der Waals surface area contributed by atoms with Crippen molar-refractivity contribution in [2.75, 3.05) is 45.1 Å². The Hall–Kier alpha value is -1.18. The Balaban J connectivity index is 2.29. The molecule has 0 aliphatic carbocycles. The minimum Gasteiger partial charge on any atom is -0.384 e. The van der Waals surface area contributed by atoms with E-state index in [1.807, 2.05) is 14.0 Å². The van der Waals surface area contributed by atoms with Gasteiger partial charge in [-0.15, -0.1) is 0 Å². The third-order valence-corrected chi connectivity index (χ3v) is 5.16. The second kappa shape index (κ2) is 5.85. The molecule has 0 bridgehead atoms. The molecule has 6 nitrogen and oxygen atoms in total. The monoisotopic (exact) mass is 284 g/mol. The van der Waals surface area contributed by atoms with Crippen LogP contribution in [0.15, 0.2) is 23.4 Å². The van der Waals surface area contributed by atoms with Crippen LogP contribution in [0.2, 0.25) is 0 Å². The fourth-order valence-corrected chi connectivity index (χ4v) is 3.62. The number of anilines is 1. The molecule has 1 aliphatic heterocycles. The molecule has 0 unspecified atom stereocenters. The second-order valence-electron chi connectivity index (χ2n) is 4.61. The van der Waals surface area contributed by atoms with Gasteiger partial charge in [0.1, 0.15) is 4.90 Å². The molecule has 1 N–H and O–H groups in total. The maximum absolute atomic E-state index is 12.6. The standard InChI is InChI=1S/C12H20N4O2S/c1-3-14-11-4-5-13-10-12(11)19(17,18)16-8-6-15(2)7-9-16/h4-5,10H,3,6-9H2,1-2H3,(H,13,14). The summed E-state index contributed by atoms with van der Waals surface area (Å²) in [6, 6.07) is 1.70. The lowest BCUT2D eigenvalue weighted by molar-refractivity contribution is 0.222. The number of hydrogen-bond donors (Lipinski definition) is 1. The van der Waals surface area contributed by atoms with E-state index in [1.165, 1.54) is 10.5 Å². The van der Waals surface area contributed by atoms with E-state index in [0.717, 1.165) is 13.1 Å². The van der Waals surface area contributed by atoms with Crippen molar-refractivity contribution >= 4 is 15.7 Å². The van der Waals surface area contributed by atoms with Gasteiger partial charge in [-0.1, -0.05) is 0 Å². The number of pyridine rings is 1. The zero-order chi connectivity index (χ0) is 13.9. The molecule has 0 atom stereocenters. The van der Waals surface area contributed by atoms with E-state index in [4.69, 9.17) is 0 Å². The van der Waals surface area contributed by atoms with Gasteiger partial charge in [0.2, 0.25) is 10.0 Å². The van der Waals surface area contributed by atoms with Crippen LogP contribution >= 0.6 is 0 Å². The normalized spacial score (nSPS) is 18.4. The second-order valence-corrected chi connectivity index (χ2v) is 6.52. The van der Waals surface area contributed by atoms with Crippen molar-refractivity contribution in [2.45, 2.75) is 11.8 Å². The summed E-state index contributed by atoms with van der Waals surface area (Å²) in [5, 5.41) is 3.07. The van der Waals surface area contributed by atoms with Gasteiger partial charge < -0.3 is 10.2 Å². The summed E-state index contributed by atoms with van der Waals surface area (Å²) >= 11 is 0. The largest absolute Gasteiger partial charge is 0.384 e. The van der Waals surface area contributed by atoms with Crippen LogP contribution in [0.3, 0.4) is 0 Å². The van der Waals surface area contributed by atoms with E-state index >= 15 is 0 Å². The predicted molar refractivity (Wildman–Crippen MR) is 74.7 cm³/mol. The van der Waals surface area contributed by atoms with Crippen LogP contribution in [0.1, 0.15) is 6.92 Å². The molecule has 19 heavy (non-hydrogen) atoms. The number of nitrogens with zero attached hydrogens (tertiary/aromatic N) is 3. The van der Waals surface area contributed by atoms with Crippen molar-refractivity contribution in [1.29, 1.82) is 0 Å². The predicted octanol–water partition coefficient (Wildman–Crippen LogP) is 0.449. The number of nitrogens with one attached hydrogen (secondary N) is 1. The van der Waals surface area contributed by atoms with E-state index in [0.29, 0.717) is 25.3 Å². The molecule has 0 aromatic carbocycles. The fraction of sp³-hybridized carbons (Fsp3) is 0.583. The number of rotatable bonds is 4. The summed E-state index contributed by atoms with van der Waals surface area (Å²) in [5.41, 5.74) is 0.622. The van der Waals surface area contributed by atoms with Crippen LogP contribution in [0.4, 0.5) is 5.69 Å². The third-order valence-electron chi connectivity index (χ3n) is 3.23. The molecular formula is C12H20N4O2S. The molecule has 1 fully saturated rings. The molecule has 0 radical (unpaired) electrons. The smallest absolute Gasteiger partial charge is 0.246 e. The van der Waals surface area contributed by atoms with Crippen LogP contribution in [0.5, 0.6) is 0 Å². The maximum atomic E-state index is 12.6. The topological polar surface area (TPSA) is 65.5 Å².